The molecular weight excluding hydrogens is 265 g/mol. The molecule has 2 aliphatic heterocycles. The van der Waals surface area contributed by atoms with Gasteiger partial charge in [-0.2, -0.15) is 5.26 Å². The summed E-state index contributed by atoms with van der Waals surface area (Å²) < 4.78 is 14.4. The summed E-state index contributed by atoms with van der Waals surface area (Å²) in [4.78, 5) is 2.22. The van der Waals surface area contributed by atoms with Crippen molar-refractivity contribution in [3.05, 3.63) is 29.6 Å². The van der Waals surface area contributed by atoms with Crippen molar-refractivity contribution in [1.29, 1.82) is 5.26 Å². The van der Waals surface area contributed by atoms with Crippen molar-refractivity contribution in [3.8, 4) is 6.07 Å². The molecule has 3 rings (SSSR count). The van der Waals surface area contributed by atoms with Crippen LogP contribution in [0, 0.1) is 17.1 Å². The van der Waals surface area contributed by atoms with Gasteiger partial charge in [-0.15, -0.1) is 0 Å². The normalized spacial score (nSPS) is 27.4. The fraction of sp³-hybridized carbons (Fsp3) is 0.588. The lowest BCUT2D eigenvalue weighted by Crippen LogP contribution is -2.49. The van der Waals surface area contributed by atoms with E-state index in [1.165, 1.54) is 18.9 Å². The van der Waals surface area contributed by atoms with E-state index in [0.29, 0.717) is 29.4 Å². The molecule has 2 saturated heterocycles. The van der Waals surface area contributed by atoms with Crippen molar-refractivity contribution >= 4 is 5.69 Å². The molecule has 0 amide bonds. The molecule has 2 heterocycles. The zero-order chi connectivity index (χ0) is 14.8. The van der Waals surface area contributed by atoms with Gasteiger partial charge in [0, 0.05) is 24.7 Å². The molecule has 112 valence electrons. The fourth-order valence-electron chi connectivity index (χ4n) is 3.83. The Kier molecular flexibility index (Phi) is 4.12. The van der Waals surface area contributed by atoms with Gasteiger partial charge in [0.25, 0.3) is 0 Å². The summed E-state index contributed by atoms with van der Waals surface area (Å²) in [7, 11) is 0. The zero-order valence-electron chi connectivity index (χ0n) is 12.5. The molecule has 2 atom stereocenters. The molecule has 1 N–H and O–H groups in total. The summed E-state index contributed by atoms with van der Waals surface area (Å²) in [5.41, 5.74) is 1.04. The van der Waals surface area contributed by atoms with Crippen LogP contribution in [-0.2, 0) is 0 Å². The Morgan fingerprint density at radius 1 is 1.33 bits per heavy atom. The van der Waals surface area contributed by atoms with E-state index in [9.17, 15) is 4.39 Å². The molecule has 1 aromatic rings. The molecule has 21 heavy (non-hydrogen) atoms. The first kappa shape index (κ1) is 14.3. The Labute approximate surface area is 125 Å². The van der Waals surface area contributed by atoms with Crippen LogP contribution in [0.3, 0.4) is 0 Å². The third kappa shape index (κ3) is 2.89. The van der Waals surface area contributed by atoms with Crippen molar-refractivity contribution in [1.82, 2.24) is 5.32 Å². The first-order chi connectivity index (χ1) is 10.2. The summed E-state index contributed by atoms with van der Waals surface area (Å²) in [6.07, 6.45) is 5.68. The molecule has 2 bridgehead atoms. The minimum atomic E-state index is -0.270. The second-order valence-corrected chi connectivity index (χ2v) is 6.23. The summed E-state index contributed by atoms with van der Waals surface area (Å²) >= 11 is 0. The van der Waals surface area contributed by atoms with Gasteiger partial charge in [0.1, 0.15) is 5.82 Å². The van der Waals surface area contributed by atoms with Gasteiger partial charge >= 0.3 is 0 Å². The van der Waals surface area contributed by atoms with Gasteiger partial charge in [-0.25, -0.2) is 4.39 Å². The fourth-order valence-corrected chi connectivity index (χ4v) is 3.83. The Balaban J connectivity index is 1.86. The number of nitrogens with one attached hydrogen (secondary N) is 1. The molecule has 2 unspecified atom stereocenters. The highest BCUT2D eigenvalue weighted by molar-refractivity contribution is 5.52. The molecule has 3 nitrogen and oxygen atoms in total. The number of halogens is 1. The van der Waals surface area contributed by atoms with E-state index >= 15 is 0 Å². The SMILES string of the molecule is CCCN(c1ccc(C#N)cc1F)C1CC2CCC(C1)N2. The highest BCUT2D eigenvalue weighted by Gasteiger charge is 2.36. The number of rotatable bonds is 4. The van der Waals surface area contributed by atoms with Crippen LogP contribution in [0.2, 0.25) is 0 Å². The lowest BCUT2D eigenvalue weighted by Gasteiger charge is -2.39. The molecular formula is C17H22FN3. The van der Waals surface area contributed by atoms with Crippen molar-refractivity contribution in [3.63, 3.8) is 0 Å². The molecule has 4 heteroatoms. The Hall–Kier alpha value is -1.60. The van der Waals surface area contributed by atoms with E-state index in [1.807, 2.05) is 6.07 Å². The minimum absolute atomic E-state index is 0.270. The number of fused-ring (bicyclic) bond motifs is 2. The average molecular weight is 287 g/mol. The summed E-state index contributed by atoms with van der Waals surface area (Å²) in [6.45, 7) is 3.00. The minimum Gasteiger partial charge on any atom is -0.366 e. The van der Waals surface area contributed by atoms with Gasteiger partial charge in [-0.3, -0.25) is 0 Å². The van der Waals surface area contributed by atoms with E-state index < -0.39 is 0 Å². The molecule has 2 aliphatic rings. The highest BCUT2D eigenvalue weighted by Crippen LogP contribution is 2.33. The maximum atomic E-state index is 14.4. The Morgan fingerprint density at radius 3 is 2.62 bits per heavy atom. The van der Waals surface area contributed by atoms with Crippen LogP contribution in [0.1, 0.15) is 44.6 Å². The van der Waals surface area contributed by atoms with Crippen LogP contribution in [0.25, 0.3) is 0 Å². The lowest BCUT2D eigenvalue weighted by molar-refractivity contribution is 0.345. The standard InChI is InChI=1S/C17H22FN3/c1-2-7-21(15-9-13-4-5-14(10-15)20-13)17-6-3-12(11-19)8-16(17)18/h3,6,8,13-15,20H,2,4-5,7,9-10H2,1H3. The smallest absolute Gasteiger partial charge is 0.147 e. The van der Waals surface area contributed by atoms with Crippen molar-refractivity contribution < 1.29 is 4.39 Å². The largest absolute Gasteiger partial charge is 0.366 e. The topological polar surface area (TPSA) is 39.1 Å². The van der Waals surface area contributed by atoms with Gasteiger partial charge in [-0.05, 0) is 50.3 Å². The van der Waals surface area contributed by atoms with Gasteiger partial charge in [0.2, 0.25) is 0 Å². The molecule has 0 saturated carbocycles. The summed E-state index contributed by atoms with van der Waals surface area (Å²) in [5.74, 6) is -0.270. The number of piperidine rings is 1. The molecule has 0 radical (unpaired) electrons. The van der Waals surface area contributed by atoms with Crippen LogP contribution in [-0.4, -0.2) is 24.7 Å². The van der Waals surface area contributed by atoms with Crippen LogP contribution in [0.4, 0.5) is 10.1 Å². The van der Waals surface area contributed by atoms with Crippen LogP contribution >= 0.6 is 0 Å². The molecule has 0 spiro atoms. The number of benzene rings is 1. The van der Waals surface area contributed by atoms with E-state index in [4.69, 9.17) is 5.26 Å². The Morgan fingerprint density at radius 2 is 2.05 bits per heavy atom. The molecule has 0 aliphatic carbocycles. The second kappa shape index (κ2) is 6.03. The Bertz CT molecular complexity index is 539. The van der Waals surface area contributed by atoms with Gasteiger partial charge in [0.05, 0.1) is 17.3 Å². The van der Waals surface area contributed by atoms with Crippen molar-refractivity contribution in [2.45, 2.75) is 57.2 Å². The van der Waals surface area contributed by atoms with Gasteiger partial charge in [-0.1, -0.05) is 6.92 Å². The number of nitriles is 1. The second-order valence-electron chi connectivity index (χ2n) is 6.23. The predicted molar refractivity (Wildman–Crippen MR) is 81.7 cm³/mol. The number of hydrogen-bond donors (Lipinski definition) is 1. The zero-order valence-corrected chi connectivity index (χ0v) is 12.5. The quantitative estimate of drug-likeness (QED) is 0.924. The molecule has 2 fully saturated rings. The monoisotopic (exact) mass is 287 g/mol. The molecule has 1 aromatic carbocycles. The van der Waals surface area contributed by atoms with E-state index in [0.717, 1.165) is 25.8 Å². The first-order valence-electron chi connectivity index (χ1n) is 7.93. The number of nitrogens with zero attached hydrogens (tertiary/aromatic N) is 2. The molecule has 0 aromatic heterocycles. The van der Waals surface area contributed by atoms with Gasteiger partial charge in [0.15, 0.2) is 0 Å². The van der Waals surface area contributed by atoms with Crippen LogP contribution in [0.5, 0.6) is 0 Å². The maximum absolute atomic E-state index is 14.4. The first-order valence-corrected chi connectivity index (χ1v) is 7.93. The predicted octanol–water partition coefficient (Wildman–Crippen LogP) is 3.20. The van der Waals surface area contributed by atoms with E-state index in [1.54, 1.807) is 12.1 Å². The van der Waals surface area contributed by atoms with E-state index in [2.05, 4.69) is 17.1 Å². The average Bonchev–Trinajstić information content (AvgIpc) is 2.83. The number of hydrogen-bond acceptors (Lipinski definition) is 3. The lowest BCUT2D eigenvalue weighted by atomic mass is 9.97. The van der Waals surface area contributed by atoms with Crippen molar-refractivity contribution in [2.75, 3.05) is 11.4 Å². The van der Waals surface area contributed by atoms with Crippen molar-refractivity contribution in [2.24, 2.45) is 0 Å². The summed E-state index contributed by atoms with van der Waals surface area (Å²) in [6, 6.07) is 8.44. The third-order valence-electron chi connectivity index (χ3n) is 4.74. The third-order valence-corrected chi connectivity index (χ3v) is 4.74. The summed E-state index contributed by atoms with van der Waals surface area (Å²) in [5, 5.41) is 12.5. The highest BCUT2D eigenvalue weighted by atomic mass is 19.1. The van der Waals surface area contributed by atoms with E-state index in [-0.39, 0.29) is 5.82 Å². The maximum Gasteiger partial charge on any atom is 0.147 e. The van der Waals surface area contributed by atoms with Crippen LogP contribution < -0.4 is 10.2 Å². The van der Waals surface area contributed by atoms with Gasteiger partial charge < -0.3 is 10.2 Å². The van der Waals surface area contributed by atoms with Crippen LogP contribution in [0.15, 0.2) is 18.2 Å². The number of anilines is 1.